The molecular weight excluding hydrogens is 376 g/mol. The fourth-order valence-corrected chi connectivity index (χ4v) is 4.15. The van der Waals surface area contributed by atoms with E-state index in [0.717, 1.165) is 23.8 Å². The first kappa shape index (κ1) is 20.3. The zero-order valence-electron chi connectivity index (χ0n) is 16.3. The summed E-state index contributed by atoms with van der Waals surface area (Å²) in [7, 11) is 0. The van der Waals surface area contributed by atoms with Gasteiger partial charge in [-0.25, -0.2) is 4.98 Å². The van der Waals surface area contributed by atoms with Crippen LogP contribution in [0.15, 0.2) is 35.8 Å². The molecular formula is C20H26N4O3S. The highest BCUT2D eigenvalue weighted by Gasteiger charge is 2.23. The van der Waals surface area contributed by atoms with E-state index in [0.29, 0.717) is 5.69 Å². The molecule has 0 saturated carbocycles. The van der Waals surface area contributed by atoms with Gasteiger partial charge in [-0.15, -0.1) is 11.3 Å². The second-order valence-corrected chi connectivity index (χ2v) is 8.07. The first-order valence-corrected chi connectivity index (χ1v) is 10.3. The monoisotopic (exact) mass is 402 g/mol. The lowest BCUT2D eigenvalue weighted by atomic mass is 10.1. The predicted molar refractivity (Wildman–Crippen MR) is 111 cm³/mol. The highest BCUT2D eigenvalue weighted by molar-refractivity contribution is 7.10. The van der Waals surface area contributed by atoms with Crippen molar-refractivity contribution in [2.75, 3.05) is 23.3 Å². The van der Waals surface area contributed by atoms with Crippen LogP contribution in [0.2, 0.25) is 0 Å². The first-order valence-electron chi connectivity index (χ1n) is 9.37. The van der Waals surface area contributed by atoms with Crippen LogP contribution in [0, 0.1) is 0 Å². The zero-order valence-corrected chi connectivity index (χ0v) is 17.2. The van der Waals surface area contributed by atoms with Crippen LogP contribution in [0.25, 0.3) is 0 Å². The summed E-state index contributed by atoms with van der Waals surface area (Å²) < 4.78 is 5.75. The van der Waals surface area contributed by atoms with Gasteiger partial charge in [-0.2, -0.15) is 0 Å². The maximum Gasteiger partial charge on any atom is 0.226 e. The number of thiophene rings is 1. The molecule has 3 atom stereocenters. The van der Waals surface area contributed by atoms with Gasteiger partial charge in [-0.05, 0) is 37.4 Å². The molecule has 0 spiro atoms. The van der Waals surface area contributed by atoms with Crippen LogP contribution in [0.3, 0.4) is 0 Å². The summed E-state index contributed by atoms with van der Waals surface area (Å²) in [6, 6.07) is 7.25. The Labute approximate surface area is 169 Å². The zero-order chi connectivity index (χ0) is 20.1. The number of hydrogen-bond acceptors (Lipinski definition) is 6. The van der Waals surface area contributed by atoms with Crippen molar-refractivity contribution in [2.24, 2.45) is 0 Å². The molecule has 0 radical (unpaired) electrons. The van der Waals surface area contributed by atoms with Crippen LogP contribution in [0.1, 0.15) is 38.1 Å². The lowest BCUT2D eigenvalue weighted by Gasteiger charge is -2.36. The van der Waals surface area contributed by atoms with Crippen LogP contribution in [0.5, 0.6) is 0 Å². The third-order valence-electron chi connectivity index (χ3n) is 4.43. The molecule has 3 unspecified atom stereocenters. The van der Waals surface area contributed by atoms with Crippen molar-refractivity contribution < 1.29 is 14.3 Å². The highest BCUT2D eigenvalue weighted by Crippen LogP contribution is 2.23. The first-order chi connectivity index (χ1) is 13.4. The Balaban J connectivity index is 1.60. The summed E-state index contributed by atoms with van der Waals surface area (Å²) in [5.74, 6) is 0.538. The summed E-state index contributed by atoms with van der Waals surface area (Å²) in [5, 5.41) is 7.63. The summed E-state index contributed by atoms with van der Waals surface area (Å²) in [5.41, 5.74) is 0.635. The maximum absolute atomic E-state index is 12.5. The molecule has 3 heterocycles. The molecule has 8 heteroatoms. The van der Waals surface area contributed by atoms with Gasteiger partial charge in [0.2, 0.25) is 11.8 Å². The van der Waals surface area contributed by atoms with Gasteiger partial charge in [0.15, 0.2) is 0 Å². The molecule has 3 rings (SSSR count). The molecule has 2 aromatic heterocycles. The predicted octanol–water partition coefficient (Wildman–Crippen LogP) is 2.96. The number of morpholine rings is 1. The molecule has 28 heavy (non-hydrogen) atoms. The van der Waals surface area contributed by atoms with E-state index >= 15 is 0 Å². The Morgan fingerprint density at radius 2 is 2.04 bits per heavy atom. The van der Waals surface area contributed by atoms with Gasteiger partial charge in [0.05, 0.1) is 36.6 Å². The minimum atomic E-state index is -0.332. The van der Waals surface area contributed by atoms with Crippen molar-refractivity contribution in [3.05, 3.63) is 40.7 Å². The fourth-order valence-electron chi connectivity index (χ4n) is 3.37. The Hall–Kier alpha value is -2.45. The molecule has 2 amide bonds. The van der Waals surface area contributed by atoms with Crippen molar-refractivity contribution in [1.82, 2.24) is 10.3 Å². The third kappa shape index (κ3) is 5.53. The molecule has 1 saturated heterocycles. The molecule has 2 aromatic rings. The van der Waals surface area contributed by atoms with Gasteiger partial charge in [-0.3, -0.25) is 9.59 Å². The average molecular weight is 403 g/mol. The Kier molecular flexibility index (Phi) is 6.64. The van der Waals surface area contributed by atoms with Crippen LogP contribution in [0.4, 0.5) is 11.5 Å². The van der Waals surface area contributed by atoms with Crippen molar-refractivity contribution >= 4 is 34.7 Å². The van der Waals surface area contributed by atoms with E-state index in [4.69, 9.17) is 4.74 Å². The summed E-state index contributed by atoms with van der Waals surface area (Å²) >= 11 is 1.52. The molecule has 0 bridgehead atoms. The van der Waals surface area contributed by atoms with E-state index in [1.807, 2.05) is 29.6 Å². The van der Waals surface area contributed by atoms with Crippen LogP contribution >= 0.6 is 11.3 Å². The lowest BCUT2D eigenvalue weighted by Crippen LogP contribution is -2.45. The summed E-state index contributed by atoms with van der Waals surface area (Å²) in [6.07, 6.45) is 2.15. The fraction of sp³-hybridized carbons (Fsp3) is 0.450. The van der Waals surface area contributed by atoms with Crippen molar-refractivity contribution in [2.45, 2.75) is 45.4 Å². The average Bonchev–Trinajstić information content (AvgIpc) is 3.15. The van der Waals surface area contributed by atoms with Crippen molar-refractivity contribution in [3.8, 4) is 0 Å². The van der Waals surface area contributed by atoms with Gasteiger partial charge < -0.3 is 20.3 Å². The topological polar surface area (TPSA) is 83.6 Å². The minimum Gasteiger partial charge on any atom is -0.372 e. The number of pyridine rings is 1. The van der Waals surface area contributed by atoms with Gasteiger partial charge in [0, 0.05) is 24.9 Å². The Morgan fingerprint density at radius 3 is 2.61 bits per heavy atom. The smallest absolute Gasteiger partial charge is 0.226 e. The van der Waals surface area contributed by atoms with Gasteiger partial charge in [-0.1, -0.05) is 6.07 Å². The SMILES string of the molecule is CC(=O)NC(CC(=O)Nc1ccc(N2CC(C)OC(C)C2)nc1)c1cccs1. The van der Waals surface area contributed by atoms with Gasteiger partial charge in [0.25, 0.3) is 0 Å². The maximum atomic E-state index is 12.5. The Bertz CT molecular complexity index is 784. The summed E-state index contributed by atoms with van der Waals surface area (Å²) in [6.45, 7) is 7.14. The normalized spacial score (nSPS) is 20.5. The van der Waals surface area contributed by atoms with E-state index < -0.39 is 0 Å². The quantitative estimate of drug-likeness (QED) is 0.776. The molecule has 2 N–H and O–H groups in total. The second-order valence-electron chi connectivity index (χ2n) is 7.09. The number of amides is 2. The van der Waals surface area contributed by atoms with E-state index in [1.54, 1.807) is 6.20 Å². The number of hydrogen-bond donors (Lipinski definition) is 2. The van der Waals surface area contributed by atoms with Crippen LogP contribution in [-0.2, 0) is 14.3 Å². The molecule has 1 fully saturated rings. The second kappa shape index (κ2) is 9.16. The molecule has 0 aromatic carbocycles. The van der Waals surface area contributed by atoms with Crippen molar-refractivity contribution in [3.63, 3.8) is 0 Å². The number of aromatic nitrogens is 1. The molecule has 150 valence electrons. The molecule has 7 nitrogen and oxygen atoms in total. The van der Waals surface area contributed by atoms with Crippen LogP contribution < -0.4 is 15.5 Å². The largest absolute Gasteiger partial charge is 0.372 e. The van der Waals surface area contributed by atoms with Crippen LogP contribution in [-0.4, -0.2) is 42.1 Å². The molecule has 0 aliphatic carbocycles. The van der Waals surface area contributed by atoms with Crippen molar-refractivity contribution in [1.29, 1.82) is 0 Å². The number of nitrogens with one attached hydrogen (secondary N) is 2. The van der Waals surface area contributed by atoms with Gasteiger partial charge in [0.1, 0.15) is 5.82 Å². The molecule has 1 aliphatic heterocycles. The van der Waals surface area contributed by atoms with E-state index in [1.165, 1.54) is 18.3 Å². The standard InChI is InChI=1S/C20H26N4O3S/c1-13-11-24(12-14(2)27-13)19-7-6-16(10-21-19)23-20(26)9-17(22-15(3)25)18-5-4-8-28-18/h4-8,10,13-14,17H,9,11-12H2,1-3H3,(H,22,25)(H,23,26). The number of nitrogens with zero attached hydrogens (tertiary/aromatic N) is 2. The highest BCUT2D eigenvalue weighted by atomic mass is 32.1. The number of carbonyl (C=O) groups excluding carboxylic acids is 2. The van der Waals surface area contributed by atoms with Gasteiger partial charge >= 0.3 is 0 Å². The third-order valence-corrected chi connectivity index (χ3v) is 5.41. The minimum absolute atomic E-state index is 0.160. The van der Waals surface area contributed by atoms with E-state index in [9.17, 15) is 9.59 Å². The number of ether oxygens (including phenoxy) is 1. The number of rotatable bonds is 6. The summed E-state index contributed by atoms with van der Waals surface area (Å²) in [4.78, 5) is 31.6. The number of anilines is 2. The lowest BCUT2D eigenvalue weighted by molar-refractivity contribution is -0.120. The molecule has 1 aliphatic rings. The van der Waals surface area contributed by atoms with E-state index in [2.05, 4.69) is 34.4 Å². The van der Waals surface area contributed by atoms with E-state index in [-0.39, 0.29) is 36.5 Å². The number of carbonyl (C=O) groups is 2. The Morgan fingerprint density at radius 1 is 1.29 bits per heavy atom.